The first-order chi connectivity index (χ1) is 25.3. The molecule has 240 valence electrons. The van der Waals surface area contributed by atoms with Gasteiger partial charge in [-0.05, 0) is 63.3 Å². The van der Waals surface area contributed by atoms with Crippen LogP contribution in [0.5, 0.6) is 0 Å². The number of nitrogens with one attached hydrogen (secondary N) is 3. The maximum Gasteiger partial charge on any atom is 0.0544 e. The van der Waals surface area contributed by atoms with Gasteiger partial charge in [-0.2, -0.15) is 0 Å². The van der Waals surface area contributed by atoms with Crippen molar-refractivity contribution in [2.24, 2.45) is 0 Å². The lowest BCUT2D eigenvalue weighted by molar-refractivity contribution is 1.55. The molecule has 0 fully saturated rings. The molecule has 12 aromatic rings. The zero-order valence-corrected chi connectivity index (χ0v) is 27.8. The molecule has 0 aliphatic heterocycles. The highest BCUT2D eigenvalue weighted by atomic mass is 14.7. The van der Waals surface area contributed by atoms with Gasteiger partial charge in [0.15, 0.2) is 0 Å². The minimum Gasteiger partial charge on any atom is -0.354 e. The van der Waals surface area contributed by atoms with Gasteiger partial charge in [-0.25, -0.2) is 0 Å². The third kappa shape index (κ3) is 4.98. The van der Waals surface area contributed by atoms with Crippen LogP contribution in [0.4, 0.5) is 0 Å². The fourth-order valence-corrected chi connectivity index (χ4v) is 7.75. The van der Waals surface area contributed by atoms with Crippen molar-refractivity contribution in [2.75, 3.05) is 0 Å². The molecule has 12 rings (SSSR count). The molecule has 0 spiro atoms. The predicted molar refractivity (Wildman–Crippen MR) is 220 cm³/mol. The largest absolute Gasteiger partial charge is 0.354 e. The van der Waals surface area contributed by atoms with Crippen molar-refractivity contribution in [3.05, 3.63) is 182 Å². The summed E-state index contributed by atoms with van der Waals surface area (Å²) in [6.45, 7) is 0. The number of fused-ring (bicyclic) bond motifs is 14. The third-order valence-corrected chi connectivity index (χ3v) is 10.2. The number of benzene rings is 9. The van der Waals surface area contributed by atoms with Crippen LogP contribution in [0.25, 0.3) is 97.7 Å². The first kappa shape index (κ1) is 29.1. The van der Waals surface area contributed by atoms with E-state index in [4.69, 9.17) is 0 Å². The second kappa shape index (κ2) is 11.9. The average Bonchev–Trinajstić information content (AvgIpc) is 3.89. The van der Waals surface area contributed by atoms with E-state index >= 15 is 0 Å². The molecule has 3 heterocycles. The third-order valence-electron chi connectivity index (χ3n) is 10.2. The fourth-order valence-electron chi connectivity index (χ4n) is 7.75. The van der Waals surface area contributed by atoms with Crippen LogP contribution in [0.1, 0.15) is 0 Å². The summed E-state index contributed by atoms with van der Waals surface area (Å²) < 4.78 is 0. The highest BCUT2D eigenvalue weighted by Gasteiger charge is 2.08. The molecule has 0 unspecified atom stereocenters. The van der Waals surface area contributed by atoms with Crippen molar-refractivity contribution in [1.82, 2.24) is 15.0 Å². The van der Waals surface area contributed by atoms with E-state index in [2.05, 4.69) is 197 Å². The molecular formula is C48H33N3. The molecule has 3 N–H and O–H groups in total. The van der Waals surface area contributed by atoms with E-state index in [0.717, 1.165) is 0 Å². The van der Waals surface area contributed by atoms with Gasteiger partial charge in [-0.1, -0.05) is 146 Å². The van der Waals surface area contributed by atoms with Crippen LogP contribution in [-0.2, 0) is 0 Å². The fraction of sp³-hybridized carbons (Fsp3) is 0. The lowest BCUT2D eigenvalue weighted by Crippen LogP contribution is -1.74. The molecule has 0 saturated carbocycles. The zero-order chi connectivity index (χ0) is 33.7. The molecule has 0 amide bonds. The summed E-state index contributed by atoms with van der Waals surface area (Å²) in [5, 5.41) is 15.6. The Balaban J connectivity index is 0.0000000963. The maximum absolute atomic E-state index is 3.52. The molecule has 0 saturated heterocycles. The van der Waals surface area contributed by atoms with Crippen LogP contribution >= 0.6 is 0 Å². The summed E-state index contributed by atoms with van der Waals surface area (Å²) in [6, 6.07) is 64.1. The summed E-state index contributed by atoms with van der Waals surface area (Å²) in [6.07, 6.45) is 0. The minimum atomic E-state index is 1.21. The van der Waals surface area contributed by atoms with Crippen molar-refractivity contribution in [1.29, 1.82) is 0 Å². The highest BCUT2D eigenvalue weighted by Crippen LogP contribution is 2.33. The van der Waals surface area contributed by atoms with Crippen LogP contribution in [0.3, 0.4) is 0 Å². The molecule has 3 aromatic heterocycles. The highest BCUT2D eigenvalue weighted by molar-refractivity contribution is 6.20. The number of aromatic nitrogens is 3. The normalized spacial score (nSPS) is 11.5. The van der Waals surface area contributed by atoms with Crippen molar-refractivity contribution < 1.29 is 0 Å². The van der Waals surface area contributed by atoms with Crippen molar-refractivity contribution in [3.8, 4) is 0 Å². The van der Waals surface area contributed by atoms with Gasteiger partial charge in [-0.3, -0.25) is 0 Å². The monoisotopic (exact) mass is 651 g/mol. The van der Waals surface area contributed by atoms with Gasteiger partial charge < -0.3 is 15.0 Å². The Morgan fingerprint density at radius 3 is 1.43 bits per heavy atom. The Morgan fingerprint density at radius 2 is 0.706 bits per heavy atom. The van der Waals surface area contributed by atoms with Crippen molar-refractivity contribution >= 4 is 97.7 Å². The number of aromatic amines is 3. The van der Waals surface area contributed by atoms with Crippen LogP contribution in [0.2, 0.25) is 0 Å². The van der Waals surface area contributed by atoms with E-state index in [1.807, 2.05) is 0 Å². The SMILES string of the molecule is c1ccc2c(c1)ccc1[nH]c3ccccc3c12.c1ccc2c(c1)ccc1c3ccccc3[nH]c21.c1ccc2cc3c(cc2c1)[nH]c1ccccc13. The van der Waals surface area contributed by atoms with E-state index in [1.165, 1.54) is 97.7 Å². The lowest BCUT2D eigenvalue weighted by atomic mass is 10.0. The Kier molecular flexibility index (Phi) is 6.81. The van der Waals surface area contributed by atoms with E-state index < -0.39 is 0 Å². The van der Waals surface area contributed by atoms with E-state index in [9.17, 15) is 0 Å². The van der Waals surface area contributed by atoms with Crippen LogP contribution in [0.15, 0.2) is 182 Å². The van der Waals surface area contributed by atoms with Crippen molar-refractivity contribution in [3.63, 3.8) is 0 Å². The summed E-state index contributed by atoms with van der Waals surface area (Å²) in [7, 11) is 0. The maximum atomic E-state index is 3.52. The van der Waals surface area contributed by atoms with Crippen LogP contribution < -0.4 is 0 Å². The second-order valence-corrected chi connectivity index (χ2v) is 13.2. The number of rotatable bonds is 0. The minimum absolute atomic E-state index is 1.21. The standard InChI is InChI=1S/3C16H11N/c1-2-6-12-10-16-14(9-11(12)5-1)13-7-3-4-8-15(13)17-16;1-2-6-12-11(5-1)9-10-14-13-7-3-4-8-15(13)17-16(12)14;1-2-6-12-11(5-1)9-10-15-16(12)13-7-3-4-8-14(13)17-15/h3*1-10,17H. The van der Waals surface area contributed by atoms with Gasteiger partial charge >= 0.3 is 0 Å². The molecule has 3 nitrogen and oxygen atoms in total. The molecular weight excluding hydrogens is 619 g/mol. The predicted octanol–water partition coefficient (Wildman–Crippen LogP) is 13.4. The first-order valence-electron chi connectivity index (χ1n) is 17.4. The van der Waals surface area contributed by atoms with E-state index in [-0.39, 0.29) is 0 Å². The van der Waals surface area contributed by atoms with Gasteiger partial charge in [0.25, 0.3) is 0 Å². The Labute approximate surface area is 293 Å². The second-order valence-electron chi connectivity index (χ2n) is 13.2. The number of para-hydroxylation sites is 3. The van der Waals surface area contributed by atoms with Crippen molar-refractivity contribution in [2.45, 2.75) is 0 Å². The molecule has 0 aliphatic rings. The zero-order valence-electron chi connectivity index (χ0n) is 27.8. The molecule has 0 aliphatic carbocycles. The van der Waals surface area contributed by atoms with Crippen LogP contribution in [-0.4, -0.2) is 15.0 Å². The quantitative estimate of drug-likeness (QED) is 0.146. The molecule has 51 heavy (non-hydrogen) atoms. The molecule has 9 aromatic carbocycles. The van der Waals surface area contributed by atoms with Gasteiger partial charge in [0.2, 0.25) is 0 Å². The summed E-state index contributed by atoms with van der Waals surface area (Å²) in [4.78, 5) is 10.5. The van der Waals surface area contributed by atoms with Gasteiger partial charge in [0.1, 0.15) is 0 Å². The molecule has 0 atom stereocenters. The van der Waals surface area contributed by atoms with Gasteiger partial charge in [0, 0.05) is 65.3 Å². The van der Waals surface area contributed by atoms with Gasteiger partial charge in [0.05, 0.1) is 5.52 Å². The average molecular weight is 652 g/mol. The van der Waals surface area contributed by atoms with E-state index in [0.29, 0.717) is 0 Å². The Bertz CT molecular complexity index is 3160. The van der Waals surface area contributed by atoms with Crippen LogP contribution in [0, 0.1) is 0 Å². The lowest BCUT2D eigenvalue weighted by Gasteiger charge is -1.99. The number of H-pyrrole nitrogens is 3. The summed E-state index contributed by atoms with van der Waals surface area (Å²) in [5.74, 6) is 0. The number of hydrogen-bond donors (Lipinski definition) is 3. The van der Waals surface area contributed by atoms with Gasteiger partial charge in [-0.15, -0.1) is 0 Å². The molecule has 3 heteroatoms. The molecule has 0 bridgehead atoms. The first-order valence-corrected chi connectivity index (χ1v) is 17.4. The topological polar surface area (TPSA) is 47.4 Å². The Morgan fingerprint density at radius 1 is 0.235 bits per heavy atom. The number of hydrogen-bond acceptors (Lipinski definition) is 0. The Hall–Kier alpha value is -6.84. The van der Waals surface area contributed by atoms with E-state index in [1.54, 1.807) is 0 Å². The molecule has 0 radical (unpaired) electrons. The summed E-state index contributed by atoms with van der Waals surface area (Å²) >= 11 is 0. The smallest absolute Gasteiger partial charge is 0.0544 e. The summed E-state index contributed by atoms with van der Waals surface area (Å²) in [5.41, 5.74) is 7.29.